The van der Waals surface area contributed by atoms with E-state index in [9.17, 15) is 0 Å². The quantitative estimate of drug-likeness (QED) is 0.586. The van der Waals surface area contributed by atoms with Gasteiger partial charge in [-0.1, -0.05) is 22.6 Å². The molecule has 2 rings (SSSR count). The first-order chi connectivity index (χ1) is 7.29. The number of halogens is 1. The Labute approximate surface area is 113 Å². The van der Waals surface area contributed by atoms with Gasteiger partial charge >= 0.3 is 0 Å². The Morgan fingerprint density at radius 1 is 1.19 bits per heavy atom. The monoisotopic (exact) mass is 337 g/mol. The van der Waals surface area contributed by atoms with Crippen molar-refractivity contribution in [2.45, 2.75) is 64.1 Å². The molecule has 1 unspecified atom stereocenters. The van der Waals surface area contributed by atoms with Crippen LogP contribution in [0.1, 0.15) is 47.0 Å². The molecule has 1 atom stereocenters. The van der Waals surface area contributed by atoms with Crippen molar-refractivity contribution in [3.8, 4) is 0 Å². The largest absolute Gasteiger partial charge is 0.377 e. The average molecular weight is 337 g/mol. The fraction of sp³-hybridized carbons (Fsp3) is 1.00. The maximum Gasteiger partial charge on any atom is 0.0722 e. The minimum absolute atomic E-state index is 0.236. The number of nitrogens with one attached hydrogen (secondary N) is 1. The second-order valence-electron chi connectivity index (χ2n) is 6.87. The van der Waals surface area contributed by atoms with Crippen molar-refractivity contribution >= 4 is 22.6 Å². The number of hydrogen-bond donors (Lipinski definition) is 1. The third kappa shape index (κ3) is 2.41. The zero-order valence-electron chi connectivity index (χ0n) is 10.9. The summed E-state index contributed by atoms with van der Waals surface area (Å²) >= 11 is 2.48. The fourth-order valence-corrected chi connectivity index (χ4v) is 5.37. The molecule has 2 nitrogen and oxygen atoms in total. The van der Waals surface area contributed by atoms with E-state index in [4.69, 9.17) is 4.74 Å². The Kier molecular flexibility index (Phi) is 3.35. The maximum absolute atomic E-state index is 5.95. The third-order valence-electron chi connectivity index (χ3n) is 4.01. The molecule has 0 amide bonds. The molecule has 0 aromatic rings. The first-order valence-electron chi connectivity index (χ1n) is 6.26. The SMILES string of the molecule is CC1(C)CC2(CCOC2CI)CC(C)(C)N1. The van der Waals surface area contributed by atoms with Crippen molar-refractivity contribution in [3.05, 3.63) is 0 Å². The predicted octanol–water partition coefficient (Wildman–Crippen LogP) is 3.14. The summed E-state index contributed by atoms with van der Waals surface area (Å²) in [6.07, 6.45) is 4.21. The van der Waals surface area contributed by atoms with E-state index >= 15 is 0 Å². The zero-order valence-corrected chi connectivity index (χ0v) is 13.1. The molecular formula is C13H24INO. The van der Waals surface area contributed by atoms with E-state index in [0.717, 1.165) is 11.0 Å². The second kappa shape index (κ2) is 4.09. The topological polar surface area (TPSA) is 21.3 Å². The number of ether oxygens (including phenoxy) is 1. The summed E-state index contributed by atoms with van der Waals surface area (Å²) in [5.41, 5.74) is 0.887. The molecule has 3 heteroatoms. The highest BCUT2D eigenvalue weighted by Gasteiger charge is 2.53. The van der Waals surface area contributed by atoms with Crippen LogP contribution in [0.5, 0.6) is 0 Å². The van der Waals surface area contributed by atoms with Gasteiger partial charge in [0, 0.05) is 27.5 Å². The average Bonchev–Trinajstić information content (AvgIpc) is 2.40. The first-order valence-corrected chi connectivity index (χ1v) is 7.78. The van der Waals surface area contributed by atoms with Crippen LogP contribution >= 0.6 is 22.6 Å². The molecule has 1 spiro atoms. The van der Waals surface area contributed by atoms with Gasteiger partial charge in [-0.25, -0.2) is 0 Å². The zero-order chi connectivity index (χ0) is 12.0. The third-order valence-corrected chi connectivity index (χ3v) is 4.81. The summed E-state index contributed by atoms with van der Waals surface area (Å²) in [5, 5.41) is 3.77. The van der Waals surface area contributed by atoms with Gasteiger partial charge in [-0.05, 0) is 47.0 Å². The predicted molar refractivity (Wildman–Crippen MR) is 76.2 cm³/mol. The molecule has 94 valence electrons. The lowest BCUT2D eigenvalue weighted by atomic mass is 9.62. The molecule has 1 N–H and O–H groups in total. The summed E-state index contributed by atoms with van der Waals surface area (Å²) in [6, 6.07) is 0. The summed E-state index contributed by atoms with van der Waals surface area (Å²) in [6.45, 7) is 10.3. The van der Waals surface area contributed by atoms with Gasteiger partial charge in [0.2, 0.25) is 0 Å². The van der Waals surface area contributed by atoms with Crippen LogP contribution in [0.4, 0.5) is 0 Å². The van der Waals surface area contributed by atoms with E-state index in [2.05, 4.69) is 55.6 Å². The van der Waals surface area contributed by atoms with Crippen molar-refractivity contribution < 1.29 is 4.74 Å². The van der Waals surface area contributed by atoms with E-state index in [1.807, 2.05) is 0 Å². The van der Waals surface area contributed by atoms with Crippen LogP contribution in [0.2, 0.25) is 0 Å². The van der Waals surface area contributed by atoms with Crippen LogP contribution < -0.4 is 5.32 Å². The second-order valence-corrected chi connectivity index (χ2v) is 7.75. The van der Waals surface area contributed by atoms with Gasteiger partial charge in [0.1, 0.15) is 0 Å². The molecule has 0 aromatic carbocycles. The smallest absolute Gasteiger partial charge is 0.0722 e. The lowest BCUT2D eigenvalue weighted by Crippen LogP contribution is -2.62. The Morgan fingerprint density at radius 3 is 2.25 bits per heavy atom. The van der Waals surface area contributed by atoms with E-state index in [-0.39, 0.29) is 11.1 Å². The summed E-state index contributed by atoms with van der Waals surface area (Å²) < 4.78 is 7.08. The summed E-state index contributed by atoms with van der Waals surface area (Å²) in [5.74, 6) is 0. The van der Waals surface area contributed by atoms with E-state index < -0.39 is 0 Å². The van der Waals surface area contributed by atoms with Crippen molar-refractivity contribution in [2.75, 3.05) is 11.0 Å². The standard InChI is InChI=1S/C13H24INO/c1-11(2)8-13(9-12(3,4)15-11)5-6-16-10(13)7-14/h10,15H,5-9H2,1-4H3. The Bertz CT molecular complexity index is 259. The summed E-state index contributed by atoms with van der Waals surface area (Å²) in [7, 11) is 0. The molecule has 0 aromatic heterocycles. The maximum atomic E-state index is 5.95. The molecule has 2 heterocycles. The van der Waals surface area contributed by atoms with Crippen molar-refractivity contribution in [3.63, 3.8) is 0 Å². The van der Waals surface area contributed by atoms with E-state index in [1.165, 1.54) is 19.3 Å². The van der Waals surface area contributed by atoms with Gasteiger partial charge in [-0.2, -0.15) is 0 Å². The molecule has 2 fully saturated rings. The highest BCUT2D eigenvalue weighted by molar-refractivity contribution is 14.1. The molecular weight excluding hydrogens is 313 g/mol. The fourth-order valence-electron chi connectivity index (χ4n) is 4.18. The van der Waals surface area contributed by atoms with Crippen molar-refractivity contribution in [2.24, 2.45) is 5.41 Å². The number of rotatable bonds is 1. The number of hydrogen-bond acceptors (Lipinski definition) is 2. The molecule has 0 radical (unpaired) electrons. The van der Waals surface area contributed by atoms with Gasteiger partial charge in [0.15, 0.2) is 0 Å². The normalized spacial score (nSPS) is 35.4. The van der Waals surface area contributed by atoms with Gasteiger partial charge in [0.25, 0.3) is 0 Å². The lowest BCUT2D eigenvalue weighted by Gasteiger charge is -2.53. The molecule has 16 heavy (non-hydrogen) atoms. The molecule has 0 bridgehead atoms. The Balaban J connectivity index is 2.27. The minimum Gasteiger partial charge on any atom is -0.377 e. The van der Waals surface area contributed by atoms with Crippen LogP contribution in [0.3, 0.4) is 0 Å². The highest BCUT2D eigenvalue weighted by atomic mass is 127. The van der Waals surface area contributed by atoms with Gasteiger partial charge in [0.05, 0.1) is 6.10 Å². The Hall–Kier alpha value is 0.650. The van der Waals surface area contributed by atoms with Crippen LogP contribution in [0, 0.1) is 5.41 Å². The lowest BCUT2D eigenvalue weighted by molar-refractivity contribution is -0.00846. The van der Waals surface area contributed by atoms with Gasteiger partial charge < -0.3 is 10.1 Å². The molecule has 2 aliphatic heterocycles. The van der Waals surface area contributed by atoms with E-state index in [0.29, 0.717) is 11.5 Å². The Morgan fingerprint density at radius 2 is 1.75 bits per heavy atom. The number of piperidine rings is 1. The van der Waals surface area contributed by atoms with Crippen LogP contribution in [-0.2, 0) is 4.74 Å². The highest BCUT2D eigenvalue weighted by Crippen LogP contribution is 2.51. The first kappa shape index (κ1) is 13.1. The number of alkyl halides is 1. The van der Waals surface area contributed by atoms with Crippen LogP contribution in [0.25, 0.3) is 0 Å². The van der Waals surface area contributed by atoms with Gasteiger partial charge in [-0.15, -0.1) is 0 Å². The van der Waals surface area contributed by atoms with Crippen molar-refractivity contribution in [1.29, 1.82) is 0 Å². The van der Waals surface area contributed by atoms with Crippen molar-refractivity contribution in [1.82, 2.24) is 5.32 Å². The molecule has 0 saturated carbocycles. The van der Waals surface area contributed by atoms with Crippen LogP contribution in [-0.4, -0.2) is 28.2 Å². The summed E-state index contributed by atoms with van der Waals surface area (Å²) in [4.78, 5) is 0. The van der Waals surface area contributed by atoms with Crippen LogP contribution in [0.15, 0.2) is 0 Å². The van der Waals surface area contributed by atoms with Gasteiger partial charge in [-0.3, -0.25) is 0 Å². The molecule has 2 saturated heterocycles. The molecule has 2 aliphatic rings. The van der Waals surface area contributed by atoms with E-state index in [1.54, 1.807) is 0 Å². The molecule has 0 aliphatic carbocycles. The minimum atomic E-state index is 0.236.